The predicted octanol–water partition coefficient (Wildman–Crippen LogP) is 2.29. The maximum atomic E-state index is 12.8. The maximum absolute atomic E-state index is 12.8. The lowest BCUT2D eigenvalue weighted by atomic mass is 10.00. The Bertz CT molecular complexity index is 953. The third-order valence-corrected chi connectivity index (χ3v) is 3.75. The fourth-order valence-electron chi connectivity index (χ4n) is 2.69. The van der Waals surface area contributed by atoms with E-state index >= 15 is 0 Å². The van der Waals surface area contributed by atoms with Gasteiger partial charge in [-0.1, -0.05) is 20.8 Å². The van der Waals surface area contributed by atoms with E-state index in [0.717, 1.165) is 18.5 Å². The van der Waals surface area contributed by atoms with Gasteiger partial charge in [-0.3, -0.25) is 14.6 Å². The van der Waals surface area contributed by atoms with Crippen molar-refractivity contribution in [3.63, 3.8) is 0 Å². The smallest absolute Gasteiger partial charge is 0.276 e. The van der Waals surface area contributed by atoms with Gasteiger partial charge in [0.1, 0.15) is 11.6 Å². The van der Waals surface area contributed by atoms with Crippen LogP contribution < -0.4 is 5.56 Å². The summed E-state index contributed by atoms with van der Waals surface area (Å²) >= 11 is 0. The number of nitrogens with zero attached hydrogens (tertiary/aromatic N) is 5. The van der Waals surface area contributed by atoms with E-state index in [1.165, 1.54) is 10.7 Å². The van der Waals surface area contributed by atoms with Crippen LogP contribution in [0.2, 0.25) is 0 Å². The number of H-pyrrole nitrogens is 1. The molecular weight excluding hydrogens is 292 g/mol. The molecule has 0 bridgehead atoms. The van der Waals surface area contributed by atoms with Crippen LogP contribution in [0.3, 0.4) is 0 Å². The standard InChI is InChI=1S/C16H18N6O/c1-4-5-21-9-12(8-18-21)14-13(10(2)3)16(23)22-15(20-14)11(6-17)7-19-22/h7-10,19H,4-5H2,1-3H3. The molecule has 0 saturated heterocycles. The van der Waals surface area contributed by atoms with E-state index in [1.807, 2.05) is 24.7 Å². The van der Waals surface area contributed by atoms with Gasteiger partial charge in [-0.2, -0.15) is 10.4 Å². The van der Waals surface area contributed by atoms with Crippen molar-refractivity contribution in [1.82, 2.24) is 24.4 Å². The molecule has 7 nitrogen and oxygen atoms in total. The number of fused-ring (bicyclic) bond motifs is 1. The maximum Gasteiger partial charge on any atom is 0.276 e. The van der Waals surface area contributed by atoms with E-state index in [4.69, 9.17) is 0 Å². The zero-order chi connectivity index (χ0) is 16.6. The number of hydrogen-bond donors (Lipinski definition) is 1. The van der Waals surface area contributed by atoms with Crippen LogP contribution in [-0.2, 0) is 6.54 Å². The van der Waals surface area contributed by atoms with E-state index in [1.54, 1.807) is 6.20 Å². The molecule has 0 aliphatic carbocycles. The van der Waals surface area contributed by atoms with Gasteiger partial charge < -0.3 is 0 Å². The van der Waals surface area contributed by atoms with Crippen molar-refractivity contribution in [3.05, 3.63) is 40.1 Å². The van der Waals surface area contributed by atoms with Crippen molar-refractivity contribution in [2.45, 2.75) is 39.7 Å². The van der Waals surface area contributed by atoms with Gasteiger partial charge in [-0.05, 0) is 12.3 Å². The van der Waals surface area contributed by atoms with Gasteiger partial charge in [0, 0.05) is 30.1 Å². The molecule has 0 radical (unpaired) electrons. The topological polar surface area (TPSA) is 91.8 Å². The first-order valence-electron chi connectivity index (χ1n) is 7.63. The summed E-state index contributed by atoms with van der Waals surface area (Å²) in [6.07, 6.45) is 6.09. The summed E-state index contributed by atoms with van der Waals surface area (Å²) in [4.78, 5) is 17.4. The van der Waals surface area contributed by atoms with Crippen LogP contribution in [0.15, 0.2) is 23.4 Å². The first-order chi connectivity index (χ1) is 11.1. The van der Waals surface area contributed by atoms with E-state index in [-0.39, 0.29) is 11.5 Å². The van der Waals surface area contributed by atoms with Gasteiger partial charge in [0.25, 0.3) is 5.56 Å². The molecule has 0 aromatic carbocycles. The molecule has 0 aliphatic heterocycles. The predicted molar refractivity (Wildman–Crippen MR) is 86.1 cm³/mol. The molecule has 0 saturated carbocycles. The SMILES string of the molecule is CCCn1cc(-c2nc3c(C#N)c[nH]n3c(=O)c2C(C)C)cn1. The summed E-state index contributed by atoms with van der Waals surface area (Å²) in [5.41, 5.74) is 2.53. The zero-order valence-corrected chi connectivity index (χ0v) is 13.4. The van der Waals surface area contributed by atoms with Crippen LogP contribution in [0.5, 0.6) is 0 Å². The molecular formula is C16H18N6O. The molecule has 0 unspecified atom stereocenters. The van der Waals surface area contributed by atoms with Gasteiger partial charge >= 0.3 is 0 Å². The van der Waals surface area contributed by atoms with Gasteiger partial charge in [0.2, 0.25) is 0 Å². The van der Waals surface area contributed by atoms with Crippen LogP contribution in [0, 0.1) is 11.3 Å². The van der Waals surface area contributed by atoms with E-state index in [2.05, 4.69) is 28.2 Å². The Kier molecular flexibility index (Phi) is 3.74. The largest absolute Gasteiger partial charge is 0.295 e. The van der Waals surface area contributed by atoms with E-state index in [0.29, 0.717) is 22.5 Å². The fourth-order valence-corrected chi connectivity index (χ4v) is 2.69. The van der Waals surface area contributed by atoms with Crippen molar-refractivity contribution in [2.75, 3.05) is 0 Å². The van der Waals surface area contributed by atoms with Crippen molar-refractivity contribution in [3.8, 4) is 17.3 Å². The molecule has 0 atom stereocenters. The molecule has 3 aromatic rings. The Balaban J connectivity index is 2.30. The minimum Gasteiger partial charge on any atom is -0.295 e. The molecule has 0 aliphatic rings. The summed E-state index contributed by atoms with van der Waals surface area (Å²) in [6.45, 7) is 6.81. The molecule has 3 rings (SSSR count). The first kappa shape index (κ1) is 15.0. The number of aromatic nitrogens is 5. The number of nitriles is 1. The Morgan fingerprint density at radius 2 is 2.22 bits per heavy atom. The third-order valence-electron chi connectivity index (χ3n) is 3.75. The van der Waals surface area contributed by atoms with Crippen molar-refractivity contribution in [1.29, 1.82) is 5.26 Å². The first-order valence-corrected chi connectivity index (χ1v) is 7.63. The summed E-state index contributed by atoms with van der Waals surface area (Å²) in [5, 5.41) is 16.3. The highest BCUT2D eigenvalue weighted by atomic mass is 16.1. The molecule has 3 heterocycles. The lowest BCUT2D eigenvalue weighted by molar-refractivity contribution is 0.603. The quantitative estimate of drug-likeness (QED) is 0.800. The Morgan fingerprint density at radius 1 is 1.43 bits per heavy atom. The molecule has 0 fully saturated rings. The molecule has 23 heavy (non-hydrogen) atoms. The average Bonchev–Trinajstić information content (AvgIpc) is 3.13. The Labute approximate surface area is 133 Å². The monoisotopic (exact) mass is 310 g/mol. The summed E-state index contributed by atoms with van der Waals surface area (Å²) in [5.74, 6) is 0.00487. The second-order valence-corrected chi connectivity index (χ2v) is 5.78. The molecule has 7 heteroatoms. The number of rotatable bonds is 4. The normalized spacial score (nSPS) is 11.3. The molecule has 0 amide bonds. The minimum atomic E-state index is -0.176. The highest BCUT2D eigenvalue weighted by Crippen LogP contribution is 2.25. The molecule has 1 N–H and O–H groups in total. The fraction of sp³-hybridized carbons (Fsp3) is 0.375. The highest BCUT2D eigenvalue weighted by molar-refractivity contribution is 5.67. The lowest BCUT2D eigenvalue weighted by Crippen LogP contribution is -2.22. The second kappa shape index (κ2) is 5.72. The van der Waals surface area contributed by atoms with Crippen molar-refractivity contribution >= 4 is 5.65 Å². The number of aromatic amines is 1. The molecule has 118 valence electrons. The Morgan fingerprint density at radius 3 is 2.87 bits per heavy atom. The average molecular weight is 310 g/mol. The van der Waals surface area contributed by atoms with Crippen molar-refractivity contribution in [2.24, 2.45) is 0 Å². The van der Waals surface area contributed by atoms with Crippen LogP contribution >= 0.6 is 0 Å². The number of aryl methyl sites for hydroxylation is 1. The zero-order valence-electron chi connectivity index (χ0n) is 13.4. The lowest BCUT2D eigenvalue weighted by Gasteiger charge is -2.10. The van der Waals surface area contributed by atoms with Gasteiger partial charge in [-0.25, -0.2) is 9.50 Å². The van der Waals surface area contributed by atoms with Gasteiger partial charge in [-0.15, -0.1) is 0 Å². The third kappa shape index (κ3) is 2.42. The summed E-state index contributed by atoms with van der Waals surface area (Å²) in [7, 11) is 0. The van der Waals surface area contributed by atoms with Crippen LogP contribution in [0.25, 0.3) is 16.9 Å². The van der Waals surface area contributed by atoms with Gasteiger partial charge in [0.15, 0.2) is 5.65 Å². The van der Waals surface area contributed by atoms with Crippen molar-refractivity contribution < 1.29 is 0 Å². The molecule has 0 spiro atoms. The van der Waals surface area contributed by atoms with Crippen LogP contribution in [-0.4, -0.2) is 24.4 Å². The second-order valence-electron chi connectivity index (χ2n) is 5.78. The number of hydrogen-bond acceptors (Lipinski definition) is 4. The van der Waals surface area contributed by atoms with Gasteiger partial charge in [0.05, 0.1) is 11.9 Å². The minimum absolute atomic E-state index is 0.00487. The van der Waals surface area contributed by atoms with E-state index in [9.17, 15) is 10.1 Å². The Hall–Kier alpha value is -2.88. The number of nitrogens with one attached hydrogen (secondary N) is 1. The van der Waals surface area contributed by atoms with E-state index < -0.39 is 0 Å². The van der Waals surface area contributed by atoms with Crippen LogP contribution in [0.1, 0.15) is 44.2 Å². The summed E-state index contributed by atoms with van der Waals surface area (Å²) < 4.78 is 3.17. The van der Waals surface area contributed by atoms with Crippen LogP contribution in [0.4, 0.5) is 0 Å². The highest BCUT2D eigenvalue weighted by Gasteiger charge is 2.20. The molecule has 3 aromatic heterocycles. The summed E-state index contributed by atoms with van der Waals surface area (Å²) in [6, 6.07) is 2.06.